The van der Waals surface area contributed by atoms with E-state index in [9.17, 15) is 4.79 Å². The number of carbonyl (C=O) groups is 1. The van der Waals surface area contributed by atoms with Crippen LogP contribution in [0.5, 0.6) is 0 Å². The number of halogens is 2. The van der Waals surface area contributed by atoms with Crippen LogP contribution in [0.2, 0.25) is 10.3 Å². The van der Waals surface area contributed by atoms with Crippen molar-refractivity contribution in [1.29, 1.82) is 0 Å². The number of carbonyl (C=O) groups excluding carboxylic acids is 1. The van der Waals surface area contributed by atoms with Crippen molar-refractivity contribution in [2.24, 2.45) is 5.41 Å². The molecule has 0 bridgehead atoms. The molecule has 0 spiro atoms. The van der Waals surface area contributed by atoms with Gasteiger partial charge in [-0.15, -0.1) is 0 Å². The van der Waals surface area contributed by atoms with Gasteiger partial charge in [0, 0.05) is 5.41 Å². The summed E-state index contributed by atoms with van der Waals surface area (Å²) in [5.74, 6) is 0.611. The number of rotatable bonds is 2. The molecule has 1 heterocycles. The first-order valence-electron chi connectivity index (χ1n) is 4.24. The van der Waals surface area contributed by atoms with Crippen LogP contribution in [0.25, 0.3) is 0 Å². The van der Waals surface area contributed by atoms with Crippen LogP contribution in [0.4, 0.5) is 0 Å². The topological polar surface area (TPSA) is 45.8 Å². The van der Waals surface area contributed by atoms with Crippen LogP contribution in [0.1, 0.15) is 26.6 Å². The molecule has 3 nitrogen and oxygen atoms in total. The molecule has 0 aliphatic rings. The van der Waals surface area contributed by atoms with Crippen LogP contribution < -0.4 is 0 Å². The van der Waals surface area contributed by atoms with Crippen LogP contribution in [-0.4, -0.2) is 15.8 Å². The van der Waals surface area contributed by atoms with Crippen molar-refractivity contribution < 1.29 is 4.79 Å². The molecule has 14 heavy (non-hydrogen) atoms. The predicted molar refractivity (Wildman–Crippen MR) is 56.8 cm³/mol. The zero-order chi connectivity index (χ0) is 10.9. The number of nitrogens with one attached hydrogen (secondary N) is 1. The van der Waals surface area contributed by atoms with Gasteiger partial charge in [-0.3, -0.25) is 4.79 Å². The maximum absolute atomic E-state index is 11.6. The van der Waals surface area contributed by atoms with E-state index in [-0.39, 0.29) is 27.9 Å². The molecule has 0 atom stereocenters. The number of nitrogens with zero attached hydrogens (tertiary/aromatic N) is 1. The summed E-state index contributed by atoms with van der Waals surface area (Å²) in [6.07, 6.45) is 0.232. The highest BCUT2D eigenvalue weighted by molar-refractivity contribution is 6.40. The van der Waals surface area contributed by atoms with Gasteiger partial charge < -0.3 is 4.98 Å². The number of Topliss-reactive ketones (excluding diaryl/α,β-unsaturated/α-hetero) is 1. The zero-order valence-corrected chi connectivity index (χ0v) is 9.83. The van der Waals surface area contributed by atoms with Gasteiger partial charge in [0.25, 0.3) is 0 Å². The van der Waals surface area contributed by atoms with E-state index >= 15 is 0 Å². The standard InChI is InChI=1S/C9H12Cl2N2O/c1-9(2,3)5(14)4-6-12-7(10)8(11)13-6/h4H2,1-3H3,(H,12,13). The Labute approximate surface area is 92.8 Å². The third-order valence-electron chi connectivity index (χ3n) is 1.83. The van der Waals surface area contributed by atoms with Crippen molar-refractivity contribution in [2.75, 3.05) is 0 Å². The lowest BCUT2D eigenvalue weighted by Crippen LogP contribution is -2.22. The average molecular weight is 235 g/mol. The lowest BCUT2D eigenvalue weighted by atomic mass is 9.89. The zero-order valence-electron chi connectivity index (χ0n) is 8.32. The normalized spacial score (nSPS) is 11.8. The number of ketones is 1. The van der Waals surface area contributed by atoms with Crippen molar-refractivity contribution in [2.45, 2.75) is 27.2 Å². The van der Waals surface area contributed by atoms with E-state index in [1.165, 1.54) is 0 Å². The molecule has 0 saturated heterocycles. The monoisotopic (exact) mass is 234 g/mol. The molecule has 1 aromatic rings. The SMILES string of the molecule is CC(C)(C)C(=O)Cc1nc(Cl)c(Cl)[nH]1. The number of imidazole rings is 1. The number of H-pyrrole nitrogens is 1. The Kier molecular flexibility index (Phi) is 3.22. The quantitative estimate of drug-likeness (QED) is 0.856. The van der Waals surface area contributed by atoms with Gasteiger partial charge in [-0.05, 0) is 0 Å². The van der Waals surface area contributed by atoms with E-state index in [0.717, 1.165) is 0 Å². The molecule has 1 N–H and O–H groups in total. The van der Waals surface area contributed by atoms with E-state index in [4.69, 9.17) is 23.2 Å². The molecule has 0 saturated carbocycles. The molecule has 0 amide bonds. The molecular weight excluding hydrogens is 223 g/mol. The van der Waals surface area contributed by atoms with Gasteiger partial charge in [0.1, 0.15) is 16.8 Å². The Balaban J connectivity index is 2.75. The summed E-state index contributed by atoms with van der Waals surface area (Å²) in [4.78, 5) is 18.3. The highest BCUT2D eigenvalue weighted by Gasteiger charge is 2.22. The maximum atomic E-state index is 11.6. The molecule has 78 valence electrons. The van der Waals surface area contributed by atoms with Gasteiger partial charge in [0.05, 0.1) is 6.42 Å². The first-order chi connectivity index (χ1) is 6.30. The molecule has 1 rings (SSSR count). The largest absolute Gasteiger partial charge is 0.331 e. The summed E-state index contributed by atoms with van der Waals surface area (Å²) in [6.45, 7) is 5.59. The van der Waals surface area contributed by atoms with Crippen LogP contribution in [0, 0.1) is 5.41 Å². The number of aromatic nitrogens is 2. The summed E-state index contributed by atoms with van der Waals surface area (Å²) in [5, 5.41) is 0.492. The van der Waals surface area contributed by atoms with Crippen molar-refractivity contribution in [3.63, 3.8) is 0 Å². The number of hydrogen-bond acceptors (Lipinski definition) is 2. The third kappa shape index (κ3) is 2.72. The average Bonchev–Trinajstić information content (AvgIpc) is 2.29. The molecule has 0 aliphatic heterocycles. The lowest BCUT2D eigenvalue weighted by molar-refractivity contribution is -0.125. The second-order valence-corrected chi connectivity index (χ2v) is 4.87. The van der Waals surface area contributed by atoms with E-state index in [1.54, 1.807) is 0 Å². The molecular formula is C9H12Cl2N2O. The van der Waals surface area contributed by atoms with Gasteiger partial charge in [-0.1, -0.05) is 44.0 Å². The van der Waals surface area contributed by atoms with E-state index < -0.39 is 0 Å². The molecule has 0 aliphatic carbocycles. The van der Waals surface area contributed by atoms with Gasteiger partial charge in [0.15, 0.2) is 5.15 Å². The van der Waals surface area contributed by atoms with Crippen molar-refractivity contribution in [3.05, 3.63) is 16.1 Å². The smallest absolute Gasteiger partial charge is 0.166 e. The molecule has 0 aromatic carbocycles. The van der Waals surface area contributed by atoms with Crippen molar-refractivity contribution in [3.8, 4) is 0 Å². The summed E-state index contributed by atoms with van der Waals surface area (Å²) < 4.78 is 0. The molecule has 0 unspecified atom stereocenters. The van der Waals surface area contributed by atoms with Gasteiger partial charge in [-0.2, -0.15) is 0 Å². The van der Waals surface area contributed by atoms with Crippen molar-refractivity contribution >= 4 is 29.0 Å². The Morgan fingerprint density at radius 2 is 2.00 bits per heavy atom. The summed E-state index contributed by atoms with van der Waals surface area (Å²) in [5.41, 5.74) is -0.369. The molecule has 1 aromatic heterocycles. The minimum absolute atomic E-state index is 0.0968. The maximum Gasteiger partial charge on any atom is 0.166 e. The van der Waals surface area contributed by atoms with Crippen LogP contribution in [0.3, 0.4) is 0 Å². The van der Waals surface area contributed by atoms with E-state index in [0.29, 0.717) is 5.82 Å². The Bertz CT molecular complexity index is 333. The third-order valence-corrected chi connectivity index (χ3v) is 2.48. The van der Waals surface area contributed by atoms with Crippen LogP contribution >= 0.6 is 23.2 Å². The Hall–Kier alpha value is -0.540. The fourth-order valence-electron chi connectivity index (χ4n) is 0.875. The van der Waals surface area contributed by atoms with E-state index in [1.807, 2.05) is 20.8 Å². The lowest BCUT2D eigenvalue weighted by Gasteiger charge is -2.15. The molecule has 0 fully saturated rings. The predicted octanol–water partition coefficient (Wildman–Crippen LogP) is 2.87. The Morgan fingerprint density at radius 1 is 1.43 bits per heavy atom. The van der Waals surface area contributed by atoms with Gasteiger partial charge in [-0.25, -0.2) is 4.98 Å². The number of aromatic amines is 1. The van der Waals surface area contributed by atoms with E-state index in [2.05, 4.69) is 9.97 Å². The second-order valence-electron chi connectivity index (χ2n) is 4.14. The van der Waals surface area contributed by atoms with Gasteiger partial charge >= 0.3 is 0 Å². The summed E-state index contributed by atoms with van der Waals surface area (Å²) >= 11 is 11.3. The highest BCUT2D eigenvalue weighted by Crippen LogP contribution is 2.21. The highest BCUT2D eigenvalue weighted by atomic mass is 35.5. The minimum Gasteiger partial charge on any atom is -0.331 e. The Morgan fingerprint density at radius 3 is 2.36 bits per heavy atom. The fraction of sp³-hybridized carbons (Fsp3) is 0.556. The molecule has 5 heteroatoms. The summed E-state index contributed by atoms with van der Waals surface area (Å²) in [7, 11) is 0. The van der Waals surface area contributed by atoms with Crippen LogP contribution in [0.15, 0.2) is 0 Å². The fourth-order valence-corrected chi connectivity index (χ4v) is 1.18. The van der Waals surface area contributed by atoms with Gasteiger partial charge in [0.2, 0.25) is 0 Å². The summed E-state index contributed by atoms with van der Waals surface area (Å²) in [6, 6.07) is 0. The number of hydrogen-bond donors (Lipinski definition) is 1. The minimum atomic E-state index is -0.369. The second kappa shape index (κ2) is 3.91. The molecule has 0 radical (unpaired) electrons. The first-order valence-corrected chi connectivity index (χ1v) is 4.99. The van der Waals surface area contributed by atoms with Crippen LogP contribution in [-0.2, 0) is 11.2 Å². The first kappa shape index (κ1) is 11.5. The van der Waals surface area contributed by atoms with Crippen molar-refractivity contribution in [1.82, 2.24) is 9.97 Å².